The van der Waals surface area contributed by atoms with Gasteiger partial charge in [-0.15, -0.1) is 16.4 Å². The molecular weight excluding hydrogens is 357 g/mol. The van der Waals surface area contributed by atoms with Crippen LogP contribution in [0, 0.1) is 17.5 Å². The summed E-state index contributed by atoms with van der Waals surface area (Å²) in [6.07, 6.45) is 0.473. The van der Waals surface area contributed by atoms with Gasteiger partial charge in [0.2, 0.25) is 0 Å². The van der Waals surface area contributed by atoms with E-state index in [4.69, 9.17) is 0 Å². The number of carbonyl (C=O) groups excluding carboxylic acids is 1. The number of nitrogens with one attached hydrogen (secondary N) is 1. The van der Waals surface area contributed by atoms with Gasteiger partial charge in [0.05, 0.1) is 12.7 Å². The van der Waals surface area contributed by atoms with E-state index >= 15 is 0 Å². The number of amides is 1. The molecule has 0 aliphatic carbocycles. The average molecular weight is 368 g/mol. The Morgan fingerprint density at radius 1 is 1.32 bits per heavy atom. The van der Waals surface area contributed by atoms with Gasteiger partial charge in [0, 0.05) is 22.7 Å². The Morgan fingerprint density at radius 3 is 2.68 bits per heavy atom. The Morgan fingerprint density at radius 2 is 2.04 bits per heavy atom. The Bertz CT molecular complexity index is 875. The van der Waals surface area contributed by atoms with Gasteiger partial charge in [-0.2, -0.15) is 0 Å². The van der Waals surface area contributed by atoms with Gasteiger partial charge in [-0.3, -0.25) is 4.79 Å². The number of aliphatic hydroxyl groups excluding tert-OH is 1. The summed E-state index contributed by atoms with van der Waals surface area (Å²) in [5.41, 5.74) is -0.377. The molecule has 2 heterocycles. The highest BCUT2D eigenvalue weighted by atomic mass is 32.1. The lowest BCUT2D eigenvalue weighted by atomic mass is 10.2. The zero-order valence-corrected chi connectivity index (χ0v) is 13.3. The van der Waals surface area contributed by atoms with Crippen molar-refractivity contribution in [3.8, 4) is 0 Å². The van der Waals surface area contributed by atoms with E-state index in [0.29, 0.717) is 12.1 Å². The Kier molecular flexibility index (Phi) is 4.81. The van der Waals surface area contributed by atoms with Crippen LogP contribution in [-0.2, 0) is 6.54 Å². The van der Waals surface area contributed by atoms with Crippen LogP contribution in [0.4, 0.5) is 18.9 Å². The van der Waals surface area contributed by atoms with E-state index < -0.39 is 29.5 Å². The van der Waals surface area contributed by atoms with Crippen molar-refractivity contribution < 1.29 is 23.1 Å². The summed E-state index contributed by atoms with van der Waals surface area (Å²) in [6.45, 7) is 0.0839. The van der Waals surface area contributed by atoms with Crippen molar-refractivity contribution in [2.24, 2.45) is 0 Å². The Labute approximate surface area is 143 Å². The zero-order valence-electron chi connectivity index (χ0n) is 12.5. The highest BCUT2D eigenvalue weighted by Crippen LogP contribution is 2.20. The summed E-state index contributed by atoms with van der Waals surface area (Å²) < 4.78 is 40.5. The van der Waals surface area contributed by atoms with E-state index in [1.54, 1.807) is 12.1 Å². The normalized spacial score (nSPS) is 12.2. The Balaban J connectivity index is 1.68. The van der Waals surface area contributed by atoms with E-state index in [2.05, 4.69) is 15.6 Å². The van der Waals surface area contributed by atoms with Gasteiger partial charge in [0.1, 0.15) is 6.10 Å². The van der Waals surface area contributed by atoms with Crippen LogP contribution in [0.5, 0.6) is 0 Å². The molecule has 1 aromatic carbocycles. The van der Waals surface area contributed by atoms with Crippen LogP contribution < -0.4 is 5.32 Å². The first-order chi connectivity index (χ1) is 11.9. The number of benzene rings is 1. The van der Waals surface area contributed by atoms with Gasteiger partial charge in [-0.1, -0.05) is 11.3 Å². The number of rotatable bonds is 5. The van der Waals surface area contributed by atoms with E-state index in [9.17, 15) is 23.1 Å². The fourth-order valence-electron chi connectivity index (χ4n) is 2.06. The first-order valence-corrected chi connectivity index (χ1v) is 7.89. The molecule has 130 valence electrons. The standard InChI is InChI=1S/C15H11F3N4O2S/c16-9-4-8(5-10(17)14(9)18)19-15(24)11-6-22(21-20-11)7-12(23)13-2-1-3-25-13/h1-6,12,23H,7H2,(H,19,24). The van der Waals surface area contributed by atoms with Crippen LogP contribution >= 0.6 is 11.3 Å². The van der Waals surface area contributed by atoms with Crippen LogP contribution in [-0.4, -0.2) is 26.0 Å². The first kappa shape index (κ1) is 17.1. The molecule has 0 saturated carbocycles. The number of aliphatic hydroxyl groups is 1. The zero-order chi connectivity index (χ0) is 18.0. The van der Waals surface area contributed by atoms with E-state index in [-0.39, 0.29) is 17.9 Å². The van der Waals surface area contributed by atoms with Crippen LogP contribution in [0.25, 0.3) is 0 Å². The largest absolute Gasteiger partial charge is 0.386 e. The van der Waals surface area contributed by atoms with Gasteiger partial charge >= 0.3 is 0 Å². The monoisotopic (exact) mass is 368 g/mol. The number of halogens is 3. The summed E-state index contributed by atoms with van der Waals surface area (Å²) in [5.74, 6) is -5.23. The smallest absolute Gasteiger partial charge is 0.277 e. The van der Waals surface area contributed by atoms with Gasteiger partial charge in [-0.05, 0) is 11.4 Å². The molecule has 1 amide bonds. The van der Waals surface area contributed by atoms with Gasteiger partial charge in [0.15, 0.2) is 23.1 Å². The highest BCUT2D eigenvalue weighted by Gasteiger charge is 2.16. The summed E-state index contributed by atoms with van der Waals surface area (Å²) in [4.78, 5) is 12.8. The molecule has 1 unspecified atom stereocenters. The van der Waals surface area contributed by atoms with Gasteiger partial charge < -0.3 is 10.4 Å². The van der Waals surface area contributed by atoms with Gasteiger partial charge in [0.25, 0.3) is 5.91 Å². The predicted octanol–water partition coefficient (Wildman–Crippen LogP) is 2.74. The molecule has 25 heavy (non-hydrogen) atoms. The molecule has 1 atom stereocenters. The molecule has 0 radical (unpaired) electrons. The Hall–Kier alpha value is -2.72. The summed E-state index contributed by atoms with van der Waals surface area (Å²) in [5, 5.41) is 21.4. The minimum Gasteiger partial charge on any atom is -0.386 e. The maximum atomic E-state index is 13.1. The molecule has 2 aromatic heterocycles. The lowest BCUT2D eigenvalue weighted by molar-refractivity contribution is 0.102. The van der Waals surface area contributed by atoms with Crippen LogP contribution in [0.3, 0.4) is 0 Å². The second-order valence-corrected chi connectivity index (χ2v) is 6.04. The molecule has 0 aliphatic heterocycles. The topological polar surface area (TPSA) is 80.0 Å². The number of hydrogen-bond acceptors (Lipinski definition) is 5. The third-order valence-corrected chi connectivity index (χ3v) is 4.22. The van der Waals surface area contributed by atoms with Crippen LogP contribution in [0.1, 0.15) is 21.5 Å². The number of nitrogens with zero attached hydrogens (tertiary/aromatic N) is 3. The fraction of sp³-hybridized carbons (Fsp3) is 0.133. The molecule has 0 bridgehead atoms. The minimum absolute atomic E-state index is 0.0839. The molecule has 6 nitrogen and oxygen atoms in total. The lowest BCUT2D eigenvalue weighted by Gasteiger charge is -2.07. The van der Waals surface area contributed by atoms with Gasteiger partial charge in [-0.25, -0.2) is 17.9 Å². The summed E-state index contributed by atoms with van der Waals surface area (Å²) in [7, 11) is 0. The number of thiophene rings is 1. The number of carbonyl (C=O) groups is 1. The van der Waals surface area contributed by atoms with E-state index in [1.165, 1.54) is 22.2 Å². The third kappa shape index (κ3) is 3.86. The number of anilines is 1. The second kappa shape index (κ2) is 7.03. The van der Waals surface area contributed by atoms with Crippen molar-refractivity contribution in [1.29, 1.82) is 0 Å². The minimum atomic E-state index is -1.62. The third-order valence-electron chi connectivity index (χ3n) is 3.24. The summed E-state index contributed by atoms with van der Waals surface area (Å²) in [6, 6.07) is 4.87. The lowest BCUT2D eigenvalue weighted by Crippen LogP contribution is -2.13. The second-order valence-electron chi connectivity index (χ2n) is 5.07. The highest BCUT2D eigenvalue weighted by molar-refractivity contribution is 7.10. The quantitative estimate of drug-likeness (QED) is 0.679. The van der Waals surface area contributed by atoms with E-state index in [1.807, 2.05) is 5.38 Å². The van der Waals surface area contributed by atoms with Crippen molar-refractivity contribution in [3.05, 3.63) is 63.9 Å². The first-order valence-electron chi connectivity index (χ1n) is 7.01. The molecule has 2 N–H and O–H groups in total. The molecule has 0 saturated heterocycles. The predicted molar refractivity (Wildman–Crippen MR) is 83.6 cm³/mol. The van der Waals surface area contributed by atoms with Crippen molar-refractivity contribution in [2.45, 2.75) is 12.6 Å². The fourth-order valence-corrected chi connectivity index (χ4v) is 2.77. The molecule has 0 aliphatic rings. The van der Waals surface area contributed by atoms with Crippen LogP contribution in [0.15, 0.2) is 35.8 Å². The van der Waals surface area contributed by atoms with Crippen LogP contribution in [0.2, 0.25) is 0 Å². The molecule has 0 fully saturated rings. The van der Waals surface area contributed by atoms with E-state index in [0.717, 1.165) is 4.88 Å². The van der Waals surface area contributed by atoms with Crippen molar-refractivity contribution in [3.63, 3.8) is 0 Å². The average Bonchev–Trinajstić information content (AvgIpc) is 3.24. The number of aromatic nitrogens is 3. The number of hydrogen-bond donors (Lipinski definition) is 2. The molecular formula is C15H11F3N4O2S. The maximum absolute atomic E-state index is 13.1. The van der Waals surface area contributed by atoms with Crippen molar-refractivity contribution >= 4 is 22.9 Å². The maximum Gasteiger partial charge on any atom is 0.277 e. The molecule has 0 spiro atoms. The molecule has 3 rings (SSSR count). The summed E-state index contributed by atoms with van der Waals surface area (Å²) >= 11 is 1.38. The van der Waals surface area contributed by atoms with Crippen molar-refractivity contribution in [1.82, 2.24) is 15.0 Å². The molecule has 10 heteroatoms. The molecule has 3 aromatic rings. The van der Waals surface area contributed by atoms with Crippen molar-refractivity contribution in [2.75, 3.05) is 5.32 Å². The SMILES string of the molecule is O=C(Nc1cc(F)c(F)c(F)c1)c1cn(CC(O)c2cccs2)nn1.